The standard InChI is InChI=1S/C24H34O6/c25-19-15-17(7-3-1-2-5-9-23(11-12-23)21(27)28)20(26)18(16-19)8-4-6-10-24(13-14-24)22(29)30/h15-16,25-26H,1-14H2,(H,27,28)(H,29,30). The molecule has 0 aliphatic heterocycles. The highest BCUT2D eigenvalue weighted by atomic mass is 16.4. The minimum absolute atomic E-state index is 0.152. The minimum atomic E-state index is -0.694. The monoisotopic (exact) mass is 418 g/mol. The average Bonchev–Trinajstić information content (AvgIpc) is 3.60. The van der Waals surface area contributed by atoms with Crippen LogP contribution in [0.15, 0.2) is 12.1 Å². The van der Waals surface area contributed by atoms with Crippen molar-refractivity contribution in [1.29, 1.82) is 0 Å². The number of unbranched alkanes of at least 4 members (excludes halogenated alkanes) is 4. The van der Waals surface area contributed by atoms with Gasteiger partial charge < -0.3 is 20.4 Å². The van der Waals surface area contributed by atoms with Gasteiger partial charge in [-0.1, -0.05) is 25.7 Å². The fourth-order valence-electron chi connectivity index (χ4n) is 4.48. The van der Waals surface area contributed by atoms with E-state index in [4.69, 9.17) is 0 Å². The van der Waals surface area contributed by atoms with Gasteiger partial charge in [0.1, 0.15) is 11.5 Å². The van der Waals surface area contributed by atoms with Gasteiger partial charge in [-0.25, -0.2) is 0 Å². The molecule has 1 aromatic rings. The molecule has 166 valence electrons. The number of phenolic OH excluding ortho intramolecular Hbond substituents is 2. The molecule has 6 heteroatoms. The van der Waals surface area contributed by atoms with Crippen LogP contribution in [0.1, 0.15) is 88.2 Å². The van der Waals surface area contributed by atoms with Crippen LogP contribution in [0.3, 0.4) is 0 Å². The Morgan fingerprint density at radius 1 is 0.700 bits per heavy atom. The molecule has 0 atom stereocenters. The van der Waals surface area contributed by atoms with Crippen molar-refractivity contribution in [2.45, 2.75) is 89.9 Å². The molecule has 2 aliphatic carbocycles. The summed E-state index contributed by atoms with van der Waals surface area (Å²) in [6, 6.07) is 3.22. The molecule has 0 spiro atoms. The molecule has 2 fully saturated rings. The Morgan fingerprint density at radius 3 is 1.53 bits per heavy atom. The van der Waals surface area contributed by atoms with Crippen molar-refractivity contribution in [1.82, 2.24) is 0 Å². The van der Waals surface area contributed by atoms with Crippen molar-refractivity contribution < 1.29 is 30.0 Å². The van der Waals surface area contributed by atoms with E-state index < -0.39 is 22.8 Å². The average molecular weight is 419 g/mol. The van der Waals surface area contributed by atoms with E-state index in [2.05, 4.69) is 0 Å². The van der Waals surface area contributed by atoms with Crippen LogP contribution in [0.4, 0.5) is 0 Å². The van der Waals surface area contributed by atoms with Gasteiger partial charge in [-0.3, -0.25) is 9.59 Å². The van der Waals surface area contributed by atoms with E-state index >= 15 is 0 Å². The fourth-order valence-corrected chi connectivity index (χ4v) is 4.48. The number of aromatic hydroxyl groups is 2. The summed E-state index contributed by atoms with van der Waals surface area (Å²) in [6.07, 6.45) is 11.2. The van der Waals surface area contributed by atoms with Crippen molar-refractivity contribution in [3.05, 3.63) is 23.3 Å². The molecule has 0 radical (unpaired) electrons. The van der Waals surface area contributed by atoms with Crippen molar-refractivity contribution in [3.8, 4) is 11.5 Å². The maximum atomic E-state index is 11.2. The molecule has 0 saturated heterocycles. The third kappa shape index (κ3) is 5.46. The Labute approximate surface area is 177 Å². The highest BCUT2D eigenvalue weighted by Gasteiger charge is 2.49. The molecular weight excluding hydrogens is 384 g/mol. The predicted molar refractivity (Wildman–Crippen MR) is 113 cm³/mol. The Kier molecular flexibility index (Phi) is 6.94. The van der Waals surface area contributed by atoms with Gasteiger partial charge in [-0.2, -0.15) is 0 Å². The van der Waals surface area contributed by atoms with Gasteiger partial charge in [0.2, 0.25) is 0 Å². The van der Waals surface area contributed by atoms with Crippen LogP contribution >= 0.6 is 0 Å². The third-order valence-corrected chi connectivity index (χ3v) is 7.07. The second-order valence-corrected chi connectivity index (χ2v) is 9.40. The summed E-state index contributed by atoms with van der Waals surface area (Å²) in [5.74, 6) is -0.954. The van der Waals surface area contributed by atoms with Gasteiger partial charge in [0, 0.05) is 0 Å². The normalized spacial score (nSPS) is 18.1. The van der Waals surface area contributed by atoms with E-state index in [1.54, 1.807) is 12.1 Å². The van der Waals surface area contributed by atoms with E-state index in [0.717, 1.165) is 81.8 Å². The molecule has 0 bridgehead atoms. The summed E-state index contributed by atoms with van der Waals surface area (Å²) in [4.78, 5) is 22.4. The Balaban J connectivity index is 1.39. The largest absolute Gasteiger partial charge is 0.508 e. The van der Waals surface area contributed by atoms with Gasteiger partial charge in [-0.05, 0) is 87.5 Å². The molecule has 3 rings (SSSR count). The lowest BCUT2D eigenvalue weighted by Gasteiger charge is -2.13. The molecule has 6 nitrogen and oxygen atoms in total. The Morgan fingerprint density at radius 2 is 1.10 bits per heavy atom. The third-order valence-electron chi connectivity index (χ3n) is 7.07. The van der Waals surface area contributed by atoms with Crippen molar-refractivity contribution in [2.24, 2.45) is 10.8 Å². The van der Waals surface area contributed by atoms with Crippen LogP contribution < -0.4 is 0 Å². The maximum absolute atomic E-state index is 11.2. The molecule has 0 amide bonds. The zero-order chi connectivity index (χ0) is 21.8. The van der Waals surface area contributed by atoms with E-state index in [1.165, 1.54) is 0 Å². The van der Waals surface area contributed by atoms with E-state index in [9.17, 15) is 30.0 Å². The second kappa shape index (κ2) is 9.27. The highest BCUT2D eigenvalue weighted by Crippen LogP contribution is 2.50. The Hall–Kier alpha value is -2.24. The summed E-state index contributed by atoms with van der Waals surface area (Å²) < 4.78 is 0. The number of carbonyl (C=O) groups is 2. The number of phenols is 2. The second-order valence-electron chi connectivity index (χ2n) is 9.40. The topological polar surface area (TPSA) is 115 Å². The highest BCUT2D eigenvalue weighted by molar-refractivity contribution is 5.78. The summed E-state index contributed by atoms with van der Waals surface area (Å²) in [6.45, 7) is 0. The van der Waals surface area contributed by atoms with Crippen LogP contribution in [0, 0.1) is 10.8 Å². The van der Waals surface area contributed by atoms with Gasteiger partial charge in [0.15, 0.2) is 0 Å². The zero-order valence-electron chi connectivity index (χ0n) is 17.7. The first-order valence-corrected chi connectivity index (χ1v) is 11.3. The lowest BCUT2D eigenvalue weighted by molar-refractivity contribution is -0.144. The molecule has 30 heavy (non-hydrogen) atoms. The molecule has 4 N–H and O–H groups in total. The smallest absolute Gasteiger partial charge is 0.309 e. The lowest BCUT2D eigenvalue weighted by atomic mass is 9.95. The van der Waals surface area contributed by atoms with Crippen LogP contribution in [-0.4, -0.2) is 32.4 Å². The molecule has 0 heterocycles. The van der Waals surface area contributed by atoms with Gasteiger partial charge in [0.05, 0.1) is 10.8 Å². The molecule has 2 saturated carbocycles. The first-order valence-electron chi connectivity index (χ1n) is 11.3. The van der Waals surface area contributed by atoms with Crippen molar-refractivity contribution in [2.75, 3.05) is 0 Å². The van der Waals surface area contributed by atoms with Gasteiger partial charge >= 0.3 is 11.9 Å². The molecule has 1 aromatic carbocycles. The lowest BCUT2D eigenvalue weighted by Crippen LogP contribution is -2.14. The van der Waals surface area contributed by atoms with E-state index in [1.807, 2.05) is 0 Å². The van der Waals surface area contributed by atoms with Crippen LogP contribution in [-0.2, 0) is 22.4 Å². The molecule has 2 aliphatic rings. The summed E-state index contributed by atoms with van der Waals surface area (Å²) >= 11 is 0. The summed E-state index contributed by atoms with van der Waals surface area (Å²) in [7, 11) is 0. The number of aryl methyl sites for hydroxylation is 2. The summed E-state index contributed by atoms with van der Waals surface area (Å²) in [5, 5.41) is 39.1. The summed E-state index contributed by atoms with van der Waals surface area (Å²) in [5.41, 5.74) is 0.526. The first kappa shape index (κ1) is 22.4. The number of aliphatic carboxylic acids is 2. The van der Waals surface area contributed by atoms with Crippen LogP contribution in [0.2, 0.25) is 0 Å². The number of benzene rings is 1. The van der Waals surface area contributed by atoms with Crippen LogP contribution in [0.5, 0.6) is 11.5 Å². The zero-order valence-corrected chi connectivity index (χ0v) is 17.7. The van der Waals surface area contributed by atoms with E-state index in [-0.39, 0.29) is 11.5 Å². The van der Waals surface area contributed by atoms with Crippen molar-refractivity contribution >= 4 is 11.9 Å². The first-order chi connectivity index (χ1) is 14.3. The number of rotatable bonds is 14. The van der Waals surface area contributed by atoms with E-state index in [0.29, 0.717) is 19.3 Å². The number of hydrogen-bond acceptors (Lipinski definition) is 4. The number of carboxylic acid groups (broad SMARTS) is 2. The molecule has 0 aromatic heterocycles. The number of carboxylic acids is 2. The van der Waals surface area contributed by atoms with Gasteiger partial charge in [-0.15, -0.1) is 0 Å². The minimum Gasteiger partial charge on any atom is -0.508 e. The predicted octanol–water partition coefficient (Wildman–Crippen LogP) is 5.03. The quantitative estimate of drug-likeness (QED) is 0.249. The SMILES string of the molecule is O=C(O)C1(CCCCCCc2cc(O)cc(CCCCC3(C(=O)O)CC3)c2O)CC1. The molecular formula is C24H34O6. The maximum Gasteiger partial charge on any atom is 0.309 e. The van der Waals surface area contributed by atoms with Crippen molar-refractivity contribution in [3.63, 3.8) is 0 Å². The Bertz CT molecular complexity index is 776. The molecule has 0 unspecified atom stereocenters. The number of hydrogen-bond donors (Lipinski definition) is 4. The van der Waals surface area contributed by atoms with Gasteiger partial charge in [0.25, 0.3) is 0 Å². The van der Waals surface area contributed by atoms with Crippen LogP contribution in [0.25, 0.3) is 0 Å². The fraction of sp³-hybridized carbons (Fsp3) is 0.667.